The lowest BCUT2D eigenvalue weighted by atomic mass is 10.0. The molecule has 0 aliphatic carbocycles. The predicted octanol–water partition coefficient (Wildman–Crippen LogP) is 0.278. The van der Waals surface area contributed by atoms with Crippen molar-refractivity contribution in [3.05, 3.63) is 23.8 Å². The minimum atomic E-state index is -0.762. The van der Waals surface area contributed by atoms with Crippen molar-refractivity contribution in [3.8, 4) is 11.5 Å². The molecule has 0 radical (unpaired) electrons. The minimum absolute atomic E-state index is 0.0446. The first-order chi connectivity index (χ1) is 9.93. The highest BCUT2D eigenvalue weighted by Gasteiger charge is 2.33. The Bertz CT molecular complexity index is 599. The van der Waals surface area contributed by atoms with Crippen LogP contribution in [-0.2, 0) is 9.59 Å². The lowest BCUT2D eigenvalue weighted by Gasteiger charge is -2.28. The fourth-order valence-electron chi connectivity index (χ4n) is 2.12. The third kappa shape index (κ3) is 2.96. The zero-order chi connectivity index (χ0) is 15.6. The summed E-state index contributed by atoms with van der Waals surface area (Å²) in [6.45, 7) is 0. The molecule has 1 fully saturated rings. The van der Waals surface area contributed by atoms with Gasteiger partial charge in [-0.2, -0.15) is 0 Å². The van der Waals surface area contributed by atoms with Gasteiger partial charge in [0, 0.05) is 19.5 Å². The Morgan fingerprint density at radius 3 is 2.76 bits per heavy atom. The van der Waals surface area contributed by atoms with Crippen molar-refractivity contribution < 1.29 is 24.2 Å². The van der Waals surface area contributed by atoms with Gasteiger partial charge in [0.05, 0.1) is 12.7 Å². The molecule has 112 valence electrons. The monoisotopic (exact) mass is 292 g/mol. The third-order valence-corrected chi connectivity index (χ3v) is 3.40. The van der Waals surface area contributed by atoms with Crippen LogP contribution >= 0.6 is 0 Å². The Kier molecular flexibility index (Phi) is 4.11. The molecule has 1 aliphatic heterocycles. The molecule has 0 bridgehead atoms. The molecular formula is C14H16N2O5. The number of imide groups is 1. The Morgan fingerprint density at radius 1 is 1.43 bits per heavy atom. The number of rotatable bonds is 3. The second kappa shape index (κ2) is 5.82. The maximum absolute atomic E-state index is 12.1. The van der Waals surface area contributed by atoms with E-state index in [1.54, 1.807) is 0 Å². The molecule has 1 aliphatic rings. The van der Waals surface area contributed by atoms with Crippen molar-refractivity contribution in [3.63, 3.8) is 0 Å². The highest BCUT2D eigenvalue weighted by atomic mass is 16.5. The summed E-state index contributed by atoms with van der Waals surface area (Å²) in [4.78, 5) is 36.4. The zero-order valence-electron chi connectivity index (χ0n) is 11.8. The highest BCUT2D eigenvalue weighted by molar-refractivity contribution is 6.04. The van der Waals surface area contributed by atoms with Crippen LogP contribution < -0.4 is 10.1 Å². The van der Waals surface area contributed by atoms with Crippen LogP contribution in [0.15, 0.2) is 18.2 Å². The van der Waals surface area contributed by atoms with Gasteiger partial charge in [0.2, 0.25) is 5.91 Å². The van der Waals surface area contributed by atoms with Gasteiger partial charge >= 0.3 is 0 Å². The van der Waals surface area contributed by atoms with Crippen LogP contribution in [0.25, 0.3) is 0 Å². The summed E-state index contributed by atoms with van der Waals surface area (Å²) in [6.07, 6.45) is 0.451. The number of ether oxygens (including phenoxy) is 1. The molecule has 2 rings (SSSR count). The Labute approximate surface area is 121 Å². The van der Waals surface area contributed by atoms with E-state index >= 15 is 0 Å². The van der Waals surface area contributed by atoms with Crippen LogP contribution in [0.4, 0.5) is 0 Å². The number of carbonyl (C=O) groups excluding carboxylic acids is 3. The summed E-state index contributed by atoms with van der Waals surface area (Å²) in [7, 11) is 2.83. The molecule has 7 heteroatoms. The Balaban J connectivity index is 2.11. The van der Waals surface area contributed by atoms with E-state index in [1.165, 1.54) is 32.4 Å². The maximum Gasteiger partial charge on any atom is 0.255 e. The third-order valence-electron chi connectivity index (χ3n) is 3.40. The largest absolute Gasteiger partial charge is 0.507 e. The fourth-order valence-corrected chi connectivity index (χ4v) is 2.12. The van der Waals surface area contributed by atoms with Gasteiger partial charge in [-0.3, -0.25) is 19.3 Å². The SMILES string of the molecule is COc1ccc(C(=O)NC2CCC(=O)N(C)C2=O)c(O)c1. The summed E-state index contributed by atoms with van der Waals surface area (Å²) in [5.41, 5.74) is 0.0446. The van der Waals surface area contributed by atoms with Crippen LogP contribution in [0.3, 0.4) is 0 Å². The molecule has 0 saturated carbocycles. The summed E-state index contributed by atoms with van der Waals surface area (Å²) in [6, 6.07) is 3.49. The number of hydrogen-bond donors (Lipinski definition) is 2. The molecule has 0 aromatic heterocycles. The van der Waals surface area contributed by atoms with Crippen molar-refractivity contribution in [2.75, 3.05) is 14.2 Å². The number of phenols is 1. The Hall–Kier alpha value is -2.57. The average molecular weight is 292 g/mol. The summed E-state index contributed by atoms with van der Waals surface area (Å²) in [5, 5.41) is 12.3. The van der Waals surface area contributed by atoms with E-state index in [0.717, 1.165) is 4.90 Å². The lowest BCUT2D eigenvalue weighted by Crippen LogP contribution is -2.52. The van der Waals surface area contributed by atoms with Gasteiger partial charge in [0.15, 0.2) is 0 Å². The molecule has 3 amide bonds. The van der Waals surface area contributed by atoms with Crippen LogP contribution in [0.2, 0.25) is 0 Å². The molecule has 1 aromatic rings. The van der Waals surface area contributed by atoms with Crippen molar-refractivity contribution in [1.82, 2.24) is 10.2 Å². The maximum atomic E-state index is 12.1. The van der Waals surface area contributed by atoms with E-state index in [2.05, 4.69) is 5.32 Å². The van der Waals surface area contributed by atoms with Crippen LogP contribution in [-0.4, -0.2) is 47.9 Å². The first-order valence-electron chi connectivity index (χ1n) is 6.42. The fraction of sp³-hybridized carbons (Fsp3) is 0.357. The topological polar surface area (TPSA) is 95.9 Å². The first kappa shape index (κ1) is 14.8. The number of hydrogen-bond acceptors (Lipinski definition) is 5. The molecule has 1 atom stereocenters. The van der Waals surface area contributed by atoms with Gasteiger partial charge in [-0.15, -0.1) is 0 Å². The van der Waals surface area contributed by atoms with Crippen molar-refractivity contribution >= 4 is 17.7 Å². The molecule has 7 nitrogen and oxygen atoms in total. The standard InChI is InChI=1S/C14H16N2O5/c1-16-12(18)6-5-10(14(16)20)15-13(19)9-4-3-8(21-2)7-11(9)17/h3-4,7,10,17H,5-6H2,1-2H3,(H,15,19). The molecule has 2 N–H and O–H groups in total. The number of piperidine rings is 1. The average Bonchev–Trinajstić information content (AvgIpc) is 2.47. The van der Waals surface area contributed by atoms with E-state index in [9.17, 15) is 19.5 Å². The second-order valence-electron chi connectivity index (χ2n) is 4.74. The summed E-state index contributed by atoms with van der Waals surface area (Å²) in [5.74, 6) is -1.11. The van der Waals surface area contributed by atoms with Crippen LogP contribution in [0.5, 0.6) is 11.5 Å². The van der Waals surface area contributed by atoms with Crippen molar-refractivity contribution in [2.24, 2.45) is 0 Å². The van der Waals surface area contributed by atoms with E-state index in [1.807, 2.05) is 0 Å². The van der Waals surface area contributed by atoms with Crippen molar-refractivity contribution in [1.29, 1.82) is 0 Å². The number of amides is 3. The van der Waals surface area contributed by atoms with E-state index < -0.39 is 17.9 Å². The number of methoxy groups -OCH3 is 1. The number of benzene rings is 1. The smallest absolute Gasteiger partial charge is 0.255 e. The molecule has 1 heterocycles. The van der Waals surface area contributed by atoms with Gasteiger partial charge < -0.3 is 15.2 Å². The molecule has 0 spiro atoms. The number of nitrogens with zero attached hydrogens (tertiary/aromatic N) is 1. The van der Waals surface area contributed by atoms with Crippen molar-refractivity contribution in [2.45, 2.75) is 18.9 Å². The number of carbonyl (C=O) groups is 3. The van der Waals surface area contributed by atoms with Gasteiger partial charge in [0.25, 0.3) is 11.8 Å². The molecule has 1 saturated heterocycles. The van der Waals surface area contributed by atoms with E-state index in [0.29, 0.717) is 5.75 Å². The van der Waals surface area contributed by atoms with Gasteiger partial charge in [-0.25, -0.2) is 0 Å². The van der Waals surface area contributed by atoms with E-state index in [4.69, 9.17) is 4.74 Å². The lowest BCUT2D eigenvalue weighted by molar-refractivity contribution is -0.147. The molecule has 1 unspecified atom stereocenters. The zero-order valence-corrected chi connectivity index (χ0v) is 11.8. The van der Waals surface area contributed by atoms with Gasteiger partial charge in [-0.05, 0) is 18.6 Å². The number of aromatic hydroxyl groups is 1. The minimum Gasteiger partial charge on any atom is -0.507 e. The summed E-state index contributed by atoms with van der Waals surface area (Å²) < 4.78 is 4.93. The van der Waals surface area contributed by atoms with Gasteiger partial charge in [0.1, 0.15) is 17.5 Å². The van der Waals surface area contributed by atoms with E-state index in [-0.39, 0.29) is 30.1 Å². The molecule has 21 heavy (non-hydrogen) atoms. The Morgan fingerprint density at radius 2 is 2.14 bits per heavy atom. The molecule has 1 aromatic carbocycles. The highest BCUT2D eigenvalue weighted by Crippen LogP contribution is 2.23. The molecular weight excluding hydrogens is 276 g/mol. The number of likely N-dealkylation sites (N-methyl/N-ethyl adjacent to an activating group) is 1. The number of likely N-dealkylation sites (tertiary alicyclic amines) is 1. The quantitative estimate of drug-likeness (QED) is 0.780. The predicted molar refractivity (Wildman–Crippen MR) is 72.9 cm³/mol. The first-order valence-corrected chi connectivity index (χ1v) is 6.42. The van der Waals surface area contributed by atoms with Crippen LogP contribution in [0, 0.1) is 0 Å². The number of phenolic OH excluding ortho intramolecular Hbond substituents is 1. The second-order valence-corrected chi connectivity index (χ2v) is 4.74. The van der Waals surface area contributed by atoms with Gasteiger partial charge in [-0.1, -0.05) is 0 Å². The normalized spacial score (nSPS) is 18.6. The number of nitrogens with one attached hydrogen (secondary N) is 1. The van der Waals surface area contributed by atoms with Crippen LogP contribution in [0.1, 0.15) is 23.2 Å². The summed E-state index contributed by atoms with van der Waals surface area (Å²) >= 11 is 0.